The minimum atomic E-state index is -1.62. The van der Waals surface area contributed by atoms with Gasteiger partial charge in [0.1, 0.15) is 42.8 Å². The van der Waals surface area contributed by atoms with Crippen LogP contribution in [0.25, 0.3) is 10.9 Å². The third-order valence-electron chi connectivity index (χ3n) is 9.47. The van der Waals surface area contributed by atoms with E-state index in [4.69, 9.17) is 20.3 Å². The predicted octanol–water partition coefficient (Wildman–Crippen LogP) is 2.68. The summed E-state index contributed by atoms with van der Waals surface area (Å²) in [5, 5.41) is 22.6. The highest BCUT2D eigenvalue weighted by Crippen LogP contribution is 2.20. The zero-order valence-electron chi connectivity index (χ0n) is 35.4. The molecule has 0 aliphatic rings. The van der Waals surface area contributed by atoms with Gasteiger partial charge in [0.15, 0.2) is 0 Å². The van der Waals surface area contributed by atoms with Crippen LogP contribution in [0.2, 0.25) is 0 Å². The molecule has 63 heavy (non-hydrogen) atoms. The maximum atomic E-state index is 14.3. The lowest BCUT2D eigenvalue weighted by Gasteiger charge is -2.27. The molecule has 0 bridgehead atoms. The quantitative estimate of drug-likeness (QED) is 0.0305. The third kappa shape index (κ3) is 17.0. The largest absolute Gasteiger partial charge is 0.481 e. The van der Waals surface area contributed by atoms with Gasteiger partial charge in [-0.15, -0.1) is 0 Å². The van der Waals surface area contributed by atoms with E-state index < -0.39 is 90.2 Å². The molecule has 18 nitrogen and oxygen atoms in total. The summed E-state index contributed by atoms with van der Waals surface area (Å²) >= 11 is 0. The van der Waals surface area contributed by atoms with Gasteiger partial charge in [-0.05, 0) is 62.8 Å². The number of esters is 1. The zero-order valence-corrected chi connectivity index (χ0v) is 35.4. The van der Waals surface area contributed by atoms with E-state index >= 15 is 0 Å². The third-order valence-corrected chi connectivity index (χ3v) is 9.47. The van der Waals surface area contributed by atoms with Gasteiger partial charge in [0.2, 0.25) is 29.5 Å². The van der Waals surface area contributed by atoms with Crippen LogP contribution in [-0.4, -0.2) is 94.0 Å². The number of alkyl carbamates (subject to hydrolysis) is 1. The number of unbranched alkanes of at least 4 members (excludes halogenated alkanes) is 1. The van der Waals surface area contributed by atoms with Crippen molar-refractivity contribution < 1.29 is 52.9 Å². The molecule has 1 aromatic heterocycles. The van der Waals surface area contributed by atoms with Crippen molar-refractivity contribution in [1.29, 1.82) is 0 Å². The van der Waals surface area contributed by atoms with E-state index in [1.807, 2.05) is 30.3 Å². The number of carboxylic acid groups (broad SMARTS) is 1. The highest BCUT2D eigenvalue weighted by atomic mass is 16.6. The van der Waals surface area contributed by atoms with Crippen LogP contribution >= 0.6 is 0 Å². The smallest absolute Gasteiger partial charge is 0.408 e. The van der Waals surface area contributed by atoms with E-state index in [1.165, 1.54) is 0 Å². The number of nitrogens with one attached hydrogen (secondary N) is 6. The minimum Gasteiger partial charge on any atom is -0.481 e. The number of fused-ring (bicyclic) bond motifs is 1. The van der Waals surface area contributed by atoms with E-state index in [-0.39, 0.29) is 45.3 Å². The van der Waals surface area contributed by atoms with Gasteiger partial charge in [0, 0.05) is 36.5 Å². The molecule has 4 atom stereocenters. The van der Waals surface area contributed by atoms with Crippen molar-refractivity contribution in [3.8, 4) is 0 Å². The number of primary amides is 1. The first-order valence-corrected chi connectivity index (χ1v) is 20.4. The van der Waals surface area contributed by atoms with Gasteiger partial charge in [0.05, 0.1) is 6.42 Å². The second-order valence-corrected chi connectivity index (χ2v) is 15.8. The summed E-state index contributed by atoms with van der Waals surface area (Å²) in [4.78, 5) is 107. The fourth-order valence-corrected chi connectivity index (χ4v) is 6.46. The first-order valence-electron chi connectivity index (χ1n) is 20.4. The van der Waals surface area contributed by atoms with Crippen LogP contribution in [0, 0.1) is 0 Å². The molecule has 0 spiro atoms. The number of carbonyl (C=O) groups is 8. The Balaban J connectivity index is 1.60. The lowest BCUT2D eigenvalue weighted by atomic mass is 10.0. The number of aromatic nitrogens is 1. The highest BCUT2D eigenvalue weighted by Gasteiger charge is 2.34. The normalized spacial score (nSPS) is 13.0. The summed E-state index contributed by atoms with van der Waals surface area (Å²) in [5.41, 5.74) is 7.52. The van der Waals surface area contributed by atoms with Crippen LogP contribution in [0.1, 0.15) is 69.6 Å². The molecule has 0 aliphatic heterocycles. The summed E-state index contributed by atoms with van der Waals surface area (Å²) in [6, 6.07) is 19.4. The summed E-state index contributed by atoms with van der Waals surface area (Å²) < 4.78 is 10.9. The zero-order chi connectivity index (χ0) is 45.9. The van der Waals surface area contributed by atoms with Gasteiger partial charge in [-0.3, -0.25) is 33.6 Å². The number of carbonyl (C=O) groups excluding carboxylic acids is 7. The number of benzene rings is 3. The molecule has 4 rings (SSSR count). The number of rotatable bonds is 23. The number of aliphatic carboxylic acids is 1. The lowest BCUT2D eigenvalue weighted by molar-refractivity contribution is -0.156. The van der Waals surface area contributed by atoms with Crippen molar-refractivity contribution in [3.63, 3.8) is 0 Å². The second-order valence-electron chi connectivity index (χ2n) is 15.8. The van der Waals surface area contributed by atoms with E-state index in [0.29, 0.717) is 16.7 Å². The van der Waals surface area contributed by atoms with E-state index in [1.54, 1.807) is 81.6 Å². The molecule has 0 saturated carbocycles. The first kappa shape index (κ1) is 48.4. The van der Waals surface area contributed by atoms with Crippen LogP contribution in [0.3, 0.4) is 0 Å². The van der Waals surface area contributed by atoms with Gasteiger partial charge >= 0.3 is 18.0 Å². The maximum absolute atomic E-state index is 14.3. The van der Waals surface area contributed by atoms with Crippen molar-refractivity contribution >= 4 is 58.5 Å². The Labute approximate surface area is 364 Å². The van der Waals surface area contributed by atoms with E-state index in [2.05, 4.69) is 31.6 Å². The number of carboxylic acids is 1. The molecular weight excluding hydrogens is 815 g/mol. The van der Waals surface area contributed by atoms with Crippen molar-refractivity contribution in [3.05, 3.63) is 108 Å². The summed E-state index contributed by atoms with van der Waals surface area (Å²) in [7, 11) is 0. The highest BCUT2D eigenvalue weighted by molar-refractivity contribution is 5.97. The molecule has 3 aromatic carbocycles. The van der Waals surface area contributed by atoms with E-state index in [9.17, 15) is 38.4 Å². The summed E-state index contributed by atoms with van der Waals surface area (Å²) in [6.45, 7) is 4.82. The molecule has 0 saturated heterocycles. The molecule has 6 amide bonds. The SMILES string of the molecule is CC(C)(C)OC(=O)C[C@H](NC(=O)[C@H](CCCCNC(=O)CC(=O)O)NC(=O)[C@H](Cc1c[nH]c2ccccc12)NC(=O)OCc1ccccc1)C(=O)N[C@@H](Cc1ccccc1)C(N)=O. The average Bonchev–Trinajstić information content (AvgIpc) is 3.63. The predicted molar refractivity (Wildman–Crippen MR) is 230 cm³/mol. The fourth-order valence-electron chi connectivity index (χ4n) is 6.46. The molecule has 0 radical (unpaired) electrons. The lowest BCUT2D eigenvalue weighted by Crippen LogP contribution is -2.59. The van der Waals surface area contributed by atoms with Gasteiger partial charge in [-0.25, -0.2) is 4.79 Å². The minimum absolute atomic E-state index is 0.00923. The molecule has 4 aromatic rings. The van der Waals surface area contributed by atoms with Gasteiger partial charge in [-0.2, -0.15) is 0 Å². The Bertz CT molecular complexity index is 2210. The Morgan fingerprint density at radius 1 is 0.698 bits per heavy atom. The second kappa shape index (κ2) is 23.7. The molecule has 336 valence electrons. The Kier molecular flexibility index (Phi) is 18.2. The number of hydrogen-bond donors (Lipinski definition) is 8. The Morgan fingerprint density at radius 2 is 1.29 bits per heavy atom. The van der Waals surface area contributed by atoms with Crippen molar-refractivity contribution in [2.24, 2.45) is 5.73 Å². The Morgan fingerprint density at radius 3 is 1.94 bits per heavy atom. The van der Waals surface area contributed by atoms with Crippen LogP contribution in [0.5, 0.6) is 0 Å². The number of H-pyrrole nitrogens is 1. The molecule has 0 unspecified atom stereocenters. The van der Waals surface area contributed by atoms with Crippen molar-refractivity contribution in [1.82, 2.24) is 31.6 Å². The monoisotopic (exact) mass is 869 g/mol. The van der Waals surface area contributed by atoms with E-state index in [0.717, 1.165) is 10.9 Å². The number of para-hydroxylation sites is 1. The number of ether oxygens (including phenoxy) is 2. The first-order chi connectivity index (χ1) is 30.0. The van der Waals surface area contributed by atoms with Crippen LogP contribution in [0.4, 0.5) is 4.79 Å². The Hall–Kier alpha value is -7.24. The van der Waals surface area contributed by atoms with Crippen LogP contribution in [0.15, 0.2) is 91.1 Å². The molecule has 0 aliphatic carbocycles. The van der Waals surface area contributed by atoms with Crippen LogP contribution in [-0.2, 0) is 62.5 Å². The average molecular weight is 870 g/mol. The number of amides is 6. The number of aromatic amines is 1. The van der Waals surface area contributed by atoms with Crippen molar-refractivity contribution in [2.75, 3.05) is 6.54 Å². The molecule has 0 fully saturated rings. The topological polar surface area (TPSA) is 277 Å². The fraction of sp³-hybridized carbons (Fsp3) is 0.378. The van der Waals surface area contributed by atoms with Crippen molar-refractivity contribution in [2.45, 2.75) is 102 Å². The van der Waals surface area contributed by atoms with Gasteiger partial charge in [-0.1, -0.05) is 78.9 Å². The maximum Gasteiger partial charge on any atom is 0.408 e. The molecular formula is C45H55N7O11. The molecule has 1 heterocycles. The van der Waals surface area contributed by atoms with Gasteiger partial charge < -0.3 is 51.9 Å². The summed E-state index contributed by atoms with van der Waals surface area (Å²) in [5.74, 6) is -6.37. The molecule has 9 N–H and O–H groups in total. The number of nitrogens with two attached hydrogens (primary N) is 1. The van der Waals surface area contributed by atoms with Gasteiger partial charge in [0.25, 0.3) is 0 Å². The standard InChI is InChI=1S/C45H55N7O11/c1-45(2,3)63-39(56)24-36(43(60)50-34(40(46)57)22-28-14-6-4-7-15-28)51-41(58)33(20-12-13-21-47-37(53)25-38(54)55)49-42(59)35(23-30-26-48-32-19-11-10-18-31(30)32)52-44(61)62-27-29-16-8-5-9-17-29/h4-11,14-19,26,33-36,48H,12-13,20-25,27H2,1-3H3,(H2,46,57)(H,47,53)(H,49,59)(H,50,60)(H,51,58)(H,52,61)(H,54,55)/t33-,34-,35-,36-/m0/s1. The molecule has 18 heteroatoms. The summed E-state index contributed by atoms with van der Waals surface area (Å²) in [6.07, 6.45) is -0.293. The van der Waals surface area contributed by atoms with Crippen LogP contribution < -0.4 is 32.3 Å². The number of hydrogen-bond acceptors (Lipinski definition) is 10.